The predicted octanol–water partition coefficient (Wildman–Crippen LogP) is 15.6. The van der Waals surface area contributed by atoms with Gasteiger partial charge in [-0.15, -0.1) is 11.3 Å². The third kappa shape index (κ3) is 4.32. The number of fused-ring (bicyclic) bond motifs is 11. The first-order chi connectivity index (χ1) is 26.8. The smallest absolute Gasteiger partial charge is 0.136 e. The van der Waals surface area contributed by atoms with Gasteiger partial charge in [-0.3, -0.25) is 0 Å². The van der Waals surface area contributed by atoms with Crippen LogP contribution in [0.2, 0.25) is 0 Å². The largest absolute Gasteiger partial charge is 0.456 e. The lowest BCUT2D eigenvalue weighted by atomic mass is 9.84. The second kappa shape index (κ2) is 11.4. The van der Waals surface area contributed by atoms with Gasteiger partial charge in [-0.1, -0.05) is 152 Å². The van der Waals surface area contributed by atoms with Crippen molar-refractivity contribution in [2.24, 2.45) is 0 Å². The molecule has 0 fully saturated rings. The number of hydrogen-bond donors (Lipinski definition) is 0. The first-order valence-electron chi connectivity index (χ1n) is 18.5. The van der Waals surface area contributed by atoms with Crippen molar-refractivity contribution in [3.8, 4) is 33.4 Å². The molecule has 12 aromatic rings. The molecule has 0 N–H and O–H groups in total. The Morgan fingerprint density at radius 1 is 0.315 bits per heavy atom. The van der Waals surface area contributed by atoms with Crippen molar-refractivity contribution in [2.45, 2.75) is 0 Å². The molecule has 0 saturated carbocycles. The average Bonchev–Trinajstić information content (AvgIpc) is 3.79. The number of para-hydroxylation sites is 1. The lowest BCUT2D eigenvalue weighted by Gasteiger charge is -2.19. The number of furan rings is 1. The molecular formula is C52H30OS. The Labute approximate surface area is 314 Å². The minimum absolute atomic E-state index is 0.938. The number of benzene rings is 10. The van der Waals surface area contributed by atoms with E-state index in [1.54, 1.807) is 0 Å². The van der Waals surface area contributed by atoms with Gasteiger partial charge in [0.25, 0.3) is 0 Å². The van der Waals surface area contributed by atoms with Crippen LogP contribution in [0.3, 0.4) is 0 Å². The minimum atomic E-state index is 0.938. The second-order valence-corrected chi connectivity index (χ2v) is 15.4. The quantitative estimate of drug-likeness (QED) is 0.167. The molecular weight excluding hydrogens is 673 g/mol. The monoisotopic (exact) mass is 702 g/mol. The second-order valence-electron chi connectivity index (χ2n) is 14.4. The summed E-state index contributed by atoms with van der Waals surface area (Å²) in [5.74, 6) is 0. The highest BCUT2D eigenvalue weighted by molar-refractivity contribution is 7.26. The summed E-state index contributed by atoms with van der Waals surface area (Å²) in [6, 6.07) is 66.9. The third-order valence-corrected chi connectivity index (χ3v) is 12.6. The Kier molecular flexibility index (Phi) is 6.28. The summed E-state index contributed by atoms with van der Waals surface area (Å²) in [4.78, 5) is 0. The lowest BCUT2D eigenvalue weighted by Crippen LogP contribution is -1.92. The van der Waals surface area contributed by atoms with Gasteiger partial charge in [0.05, 0.1) is 0 Å². The normalized spacial score (nSPS) is 12.1. The summed E-state index contributed by atoms with van der Waals surface area (Å²) in [5.41, 5.74) is 9.37. The summed E-state index contributed by atoms with van der Waals surface area (Å²) < 4.78 is 8.84. The molecule has 0 aliphatic carbocycles. The molecule has 0 atom stereocenters. The summed E-state index contributed by atoms with van der Waals surface area (Å²) in [6.45, 7) is 0. The maximum atomic E-state index is 6.27. The lowest BCUT2D eigenvalue weighted by molar-refractivity contribution is 0.669. The van der Waals surface area contributed by atoms with Gasteiger partial charge in [-0.2, -0.15) is 0 Å². The van der Waals surface area contributed by atoms with Gasteiger partial charge in [-0.25, -0.2) is 0 Å². The van der Waals surface area contributed by atoms with Gasteiger partial charge in [0.15, 0.2) is 0 Å². The van der Waals surface area contributed by atoms with Crippen LogP contribution in [0.4, 0.5) is 0 Å². The van der Waals surface area contributed by atoms with Crippen LogP contribution in [0.25, 0.3) is 119 Å². The highest BCUT2D eigenvalue weighted by Crippen LogP contribution is 2.47. The van der Waals surface area contributed by atoms with E-state index in [-0.39, 0.29) is 0 Å². The van der Waals surface area contributed by atoms with Crippen molar-refractivity contribution in [1.82, 2.24) is 0 Å². The molecule has 0 radical (unpaired) electrons. The van der Waals surface area contributed by atoms with Crippen LogP contribution >= 0.6 is 11.3 Å². The molecule has 0 aliphatic heterocycles. The first-order valence-corrected chi connectivity index (χ1v) is 19.3. The molecule has 0 saturated heterocycles. The molecule has 0 bridgehead atoms. The molecule has 54 heavy (non-hydrogen) atoms. The predicted molar refractivity (Wildman–Crippen MR) is 233 cm³/mol. The van der Waals surface area contributed by atoms with Gasteiger partial charge >= 0.3 is 0 Å². The minimum Gasteiger partial charge on any atom is -0.456 e. The van der Waals surface area contributed by atoms with Gasteiger partial charge < -0.3 is 4.42 Å². The Morgan fingerprint density at radius 2 is 0.926 bits per heavy atom. The molecule has 0 spiro atoms. The molecule has 10 aromatic carbocycles. The molecule has 0 amide bonds. The van der Waals surface area contributed by atoms with E-state index in [9.17, 15) is 0 Å². The topological polar surface area (TPSA) is 13.1 Å². The number of hydrogen-bond acceptors (Lipinski definition) is 2. The Bertz CT molecular complexity index is 3450. The van der Waals surface area contributed by atoms with Crippen LogP contribution in [0.15, 0.2) is 186 Å². The van der Waals surface area contributed by atoms with E-state index in [2.05, 4.69) is 176 Å². The van der Waals surface area contributed by atoms with E-state index in [1.807, 2.05) is 17.4 Å². The van der Waals surface area contributed by atoms with Crippen LogP contribution in [0.5, 0.6) is 0 Å². The van der Waals surface area contributed by atoms with Gasteiger partial charge in [0, 0.05) is 36.3 Å². The molecule has 250 valence electrons. The Balaban J connectivity index is 1.05. The number of thiophene rings is 1. The molecule has 0 unspecified atom stereocenters. The zero-order valence-corrected chi connectivity index (χ0v) is 30.0. The van der Waals surface area contributed by atoms with E-state index in [4.69, 9.17) is 4.42 Å². The zero-order valence-electron chi connectivity index (χ0n) is 29.1. The van der Waals surface area contributed by atoms with Crippen molar-refractivity contribution in [3.63, 3.8) is 0 Å². The third-order valence-electron chi connectivity index (χ3n) is 11.4. The fourth-order valence-electron chi connectivity index (χ4n) is 8.98. The Hall–Kier alpha value is -6.74. The first kappa shape index (κ1) is 29.8. The van der Waals surface area contributed by atoms with Crippen molar-refractivity contribution < 1.29 is 4.42 Å². The highest BCUT2D eigenvalue weighted by Gasteiger charge is 2.19. The summed E-state index contributed by atoms with van der Waals surface area (Å²) >= 11 is 1.86. The molecule has 2 aromatic heterocycles. The fraction of sp³-hybridized carbons (Fsp3) is 0. The Morgan fingerprint density at radius 3 is 1.74 bits per heavy atom. The van der Waals surface area contributed by atoms with Gasteiger partial charge in [0.2, 0.25) is 0 Å². The van der Waals surface area contributed by atoms with Crippen LogP contribution in [0, 0.1) is 0 Å². The zero-order chi connectivity index (χ0) is 35.3. The summed E-state index contributed by atoms with van der Waals surface area (Å²) in [7, 11) is 0. The fourth-order valence-corrected chi connectivity index (χ4v) is 10.2. The van der Waals surface area contributed by atoms with Gasteiger partial charge in [-0.05, 0) is 101 Å². The van der Waals surface area contributed by atoms with Crippen molar-refractivity contribution in [2.75, 3.05) is 0 Å². The van der Waals surface area contributed by atoms with Crippen molar-refractivity contribution >= 4 is 96.5 Å². The van der Waals surface area contributed by atoms with Crippen LogP contribution < -0.4 is 0 Å². The molecule has 0 aliphatic rings. The highest BCUT2D eigenvalue weighted by atomic mass is 32.1. The van der Waals surface area contributed by atoms with E-state index in [1.165, 1.54) is 107 Å². The summed E-state index contributed by atoms with van der Waals surface area (Å²) in [6.07, 6.45) is 0. The molecule has 2 heteroatoms. The average molecular weight is 703 g/mol. The van der Waals surface area contributed by atoms with E-state index in [0.29, 0.717) is 0 Å². The molecule has 2 heterocycles. The van der Waals surface area contributed by atoms with Crippen molar-refractivity contribution in [1.29, 1.82) is 0 Å². The van der Waals surface area contributed by atoms with Crippen LogP contribution in [0.1, 0.15) is 0 Å². The standard InChI is InChI=1S/C52H30OS/c1-2-15-36-31(11-1)12-10-21-38(36)51-41-19-5-3-17-39(41)50(40-18-4-6-20-42(40)51)35-14-9-13-33(27-35)34-24-23-32-25-26-43-46-29-45-37-16-7-8-22-47(37)53-48(45)30-49(46)54-52(43)44(32)28-34/h1-30H. The SMILES string of the molecule is c1cc(-c2ccc3ccc4c5cc6c(cc5sc4c3c2)oc2ccccc26)cc(-c2c3ccccc3c(-c3cccc4ccccc34)c3ccccc23)c1. The van der Waals surface area contributed by atoms with E-state index >= 15 is 0 Å². The maximum absolute atomic E-state index is 6.27. The van der Waals surface area contributed by atoms with E-state index < -0.39 is 0 Å². The van der Waals surface area contributed by atoms with Crippen molar-refractivity contribution in [3.05, 3.63) is 182 Å². The molecule has 12 rings (SSSR count). The van der Waals surface area contributed by atoms with Crippen LogP contribution in [-0.4, -0.2) is 0 Å². The summed E-state index contributed by atoms with van der Waals surface area (Å²) in [5, 5.41) is 15.1. The number of rotatable bonds is 3. The van der Waals surface area contributed by atoms with Gasteiger partial charge in [0.1, 0.15) is 11.2 Å². The maximum Gasteiger partial charge on any atom is 0.136 e. The molecule has 1 nitrogen and oxygen atoms in total. The van der Waals surface area contributed by atoms with E-state index in [0.717, 1.165) is 11.2 Å². The van der Waals surface area contributed by atoms with Crippen LogP contribution in [-0.2, 0) is 0 Å².